The lowest BCUT2D eigenvalue weighted by molar-refractivity contribution is -0.185. The van der Waals surface area contributed by atoms with Crippen LogP contribution in [0.1, 0.15) is 65.7 Å². The monoisotopic (exact) mass is 284 g/mol. The maximum atomic E-state index is 10.7. The van der Waals surface area contributed by atoms with Crippen molar-refractivity contribution in [3.8, 4) is 0 Å². The van der Waals surface area contributed by atoms with E-state index in [0.717, 1.165) is 38.4 Å². The summed E-state index contributed by atoms with van der Waals surface area (Å²) in [4.78, 5) is 0. The van der Waals surface area contributed by atoms with E-state index >= 15 is 0 Å². The highest BCUT2D eigenvalue weighted by atomic mass is 16.7. The highest BCUT2D eigenvalue weighted by molar-refractivity contribution is 4.96. The average molecular weight is 284 g/mol. The van der Waals surface area contributed by atoms with Gasteiger partial charge in [0.15, 0.2) is 6.29 Å². The number of hydrogen-bond acceptors (Lipinski definition) is 3. The van der Waals surface area contributed by atoms with Gasteiger partial charge in [-0.1, -0.05) is 33.6 Å². The molecule has 1 N–H and O–H groups in total. The number of aliphatic hydroxyl groups is 1. The zero-order valence-electron chi connectivity index (χ0n) is 13.4. The van der Waals surface area contributed by atoms with E-state index in [9.17, 15) is 5.11 Å². The lowest BCUT2D eigenvalue weighted by Gasteiger charge is -2.37. The summed E-state index contributed by atoms with van der Waals surface area (Å²) >= 11 is 0. The van der Waals surface area contributed by atoms with Gasteiger partial charge in [-0.25, -0.2) is 0 Å². The van der Waals surface area contributed by atoms with Gasteiger partial charge in [0.05, 0.1) is 19.3 Å². The van der Waals surface area contributed by atoms with E-state index in [1.54, 1.807) is 0 Å². The normalized spacial score (nSPS) is 37.2. The number of hydrogen-bond donors (Lipinski definition) is 1. The van der Waals surface area contributed by atoms with Gasteiger partial charge in [-0.2, -0.15) is 0 Å². The van der Waals surface area contributed by atoms with Crippen LogP contribution in [0.3, 0.4) is 0 Å². The van der Waals surface area contributed by atoms with E-state index in [0.29, 0.717) is 5.92 Å². The molecule has 0 amide bonds. The second-order valence-corrected chi connectivity index (χ2v) is 6.94. The molecule has 4 unspecified atom stereocenters. The summed E-state index contributed by atoms with van der Waals surface area (Å²) < 4.78 is 11.2. The van der Waals surface area contributed by atoms with Crippen molar-refractivity contribution in [2.45, 2.75) is 78.1 Å². The van der Waals surface area contributed by atoms with Gasteiger partial charge in [0.25, 0.3) is 0 Å². The Labute approximate surface area is 124 Å². The Hall–Kier alpha value is -0.120. The predicted molar refractivity (Wildman–Crippen MR) is 80.5 cm³/mol. The summed E-state index contributed by atoms with van der Waals surface area (Å²) in [6.45, 7) is 8.44. The summed E-state index contributed by atoms with van der Waals surface area (Å²) in [5.41, 5.74) is 0.0874. The van der Waals surface area contributed by atoms with Crippen LogP contribution in [0.4, 0.5) is 0 Å². The number of rotatable bonds is 6. The molecular formula is C17H32O3. The van der Waals surface area contributed by atoms with Gasteiger partial charge in [-0.05, 0) is 42.9 Å². The first-order valence-corrected chi connectivity index (χ1v) is 8.51. The Kier molecular flexibility index (Phi) is 5.88. The van der Waals surface area contributed by atoms with Crippen molar-refractivity contribution >= 4 is 0 Å². The minimum absolute atomic E-state index is 0.0874. The molecule has 1 saturated heterocycles. The maximum absolute atomic E-state index is 10.7. The first kappa shape index (κ1) is 16.3. The van der Waals surface area contributed by atoms with Gasteiger partial charge in [0, 0.05) is 6.42 Å². The highest BCUT2D eigenvalue weighted by Crippen LogP contribution is 2.51. The fraction of sp³-hybridized carbons (Fsp3) is 1.00. The SMILES string of the molecule is CCC1CC(CC)C(C)(C(O)CCC2OCCCO2)C1. The molecule has 3 nitrogen and oxygen atoms in total. The molecule has 0 aromatic heterocycles. The Balaban J connectivity index is 1.87. The molecule has 20 heavy (non-hydrogen) atoms. The van der Waals surface area contributed by atoms with Crippen molar-refractivity contribution in [3.05, 3.63) is 0 Å². The third-order valence-corrected chi connectivity index (χ3v) is 5.68. The standard InChI is InChI=1S/C17H32O3/c1-4-13-11-14(5-2)17(3,12-13)15(18)7-8-16-19-9-6-10-20-16/h13-16,18H,4-12H2,1-3H3. The van der Waals surface area contributed by atoms with Crippen LogP contribution in [-0.4, -0.2) is 30.7 Å². The molecule has 1 saturated carbocycles. The van der Waals surface area contributed by atoms with E-state index in [4.69, 9.17) is 9.47 Å². The minimum atomic E-state index is -0.224. The van der Waals surface area contributed by atoms with Crippen LogP contribution in [0.15, 0.2) is 0 Å². The van der Waals surface area contributed by atoms with Gasteiger partial charge in [-0.3, -0.25) is 0 Å². The van der Waals surface area contributed by atoms with Crippen molar-refractivity contribution in [3.63, 3.8) is 0 Å². The zero-order valence-corrected chi connectivity index (χ0v) is 13.4. The molecule has 0 bridgehead atoms. The number of aliphatic hydroxyl groups excluding tert-OH is 1. The van der Waals surface area contributed by atoms with Gasteiger partial charge < -0.3 is 14.6 Å². The summed E-state index contributed by atoms with van der Waals surface area (Å²) in [7, 11) is 0. The van der Waals surface area contributed by atoms with Gasteiger partial charge in [0.1, 0.15) is 0 Å². The van der Waals surface area contributed by atoms with Crippen LogP contribution in [0.5, 0.6) is 0 Å². The van der Waals surface area contributed by atoms with Crippen molar-refractivity contribution in [1.82, 2.24) is 0 Å². The first-order valence-electron chi connectivity index (χ1n) is 8.51. The number of ether oxygens (including phenoxy) is 2. The topological polar surface area (TPSA) is 38.7 Å². The fourth-order valence-corrected chi connectivity index (χ4v) is 4.22. The molecular weight excluding hydrogens is 252 g/mol. The third-order valence-electron chi connectivity index (χ3n) is 5.68. The van der Waals surface area contributed by atoms with E-state index in [1.807, 2.05) is 0 Å². The van der Waals surface area contributed by atoms with Crippen LogP contribution in [0.2, 0.25) is 0 Å². The van der Waals surface area contributed by atoms with Crippen LogP contribution in [0, 0.1) is 17.3 Å². The van der Waals surface area contributed by atoms with Gasteiger partial charge in [0.2, 0.25) is 0 Å². The average Bonchev–Trinajstić information content (AvgIpc) is 2.83. The van der Waals surface area contributed by atoms with E-state index in [-0.39, 0.29) is 17.8 Å². The van der Waals surface area contributed by atoms with Gasteiger partial charge in [-0.15, -0.1) is 0 Å². The molecule has 2 fully saturated rings. The van der Waals surface area contributed by atoms with E-state index < -0.39 is 0 Å². The van der Waals surface area contributed by atoms with Crippen LogP contribution in [0.25, 0.3) is 0 Å². The summed E-state index contributed by atoms with van der Waals surface area (Å²) in [5.74, 6) is 1.46. The largest absolute Gasteiger partial charge is 0.393 e. The smallest absolute Gasteiger partial charge is 0.157 e. The molecule has 0 aromatic rings. The molecule has 0 radical (unpaired) electrons. The van der Waals surface area contributed by atoms with Crippen molar-refractivity contribution < 1.29 is 14.6 Å². The van der Waals surface area contributed by atoms with E-state index in [2.05, 4.69) is 20.8 Å². The molecule has 4 atom stereocenters. The Bertz CT molecular complexity index is 288. The molecule has 2 rings (SSSR count). The zero-order chi connectivity index (χ0) is 14.6. The van der Waals surface area contributed by atoms with Crippen LogP contribution < -0.4 is 0 Å². The minimum Gasteiger partial charge on any atom is -0.393 e. The molecule has 3 heteroatoms. The summed E-state index contributed by atoms with van der Waals surface area (Å²) in [5, 5.41) is 10.7. The van der Waals surface area contributed by atoms with Gasteiger partial charge >= 0.3 is 0 Å². The van der Waals surface area contributed by atoms with E-state index in [1.165, 1.54) is 25.7 Å². The predicted octanol–water partition coefficient (Wildman–Crippen LogP) is 3.74. The lowest BCUT2D eigenvalue weighted by Crippen LogP contribution is -2.37. The Morgan fingerprint density at radius 3 is 2.50 bits per heavy atom. The van der Waals surface area contributed by atoms with Crippen molar-refractivity contribution in [2.75, 3.05) is 13.2 Å². The lowest BCUT2D eigenvalue weighted by atomic mass is 9.72. The fourth-order valence-electron chi connectivity index (χ4n) is 4.22. The molecule has 2 aliphatic rings. The second kappa shape index (κ2) is 7.24. The molecule has 118 valence electrons. The Morgan fingerprint density at radius 2 is 1.90 bits per heavy atom. The Morgan fingerprint density at radius 1 is 1.20 bits per heavy atom. The highest BCUT2D eigenvalue weighted by Gasteiger charge is 2.46. The molecule has 1 aliphatic heterocycles. The van der Waals surface area contributed by atoms with Crippen LogP contribution in [-0.2, 0) is 9.47 Å². The maximum Gasteiger partial charge on any atom is 0.157 e. The third kappa shape index (κ3) is 3.55. The first-order chi connectivity index (χ1) is 9.60. The molecule has 1 heterocycles. The molecule has 0 spiro atoms. The van der Waals surface area contributed by atoms with Crippen molar-refractivity contribution in [1.29, 1.82) is 0 Å². The summed E-state index contributed by atoms with van der Waals surface area (Å²) in [6.07, 6.45) is 7.19. The van der Waals surface area contributed by atoms with Crippen molar-refractivity contribution in [2.24, 2.45) is 17.3 Å². The summed E-state index contributed by atoms with van der Waals surface area (Å²) in [6, 6.07) is 0. The molecule has 0 aromatic carbocycles. The second-order valence-electron chi connectivity index (χ2n) is 6.94. The quantitative estimate of drug-likeness (QED) is 0.807. The van der Waals surface area contributed by atoms with Crippen LogP contribution >= 0.6 is 0 Å². The molecule has 1 aliphatic carbocycles.